The van der Waals surface area contributed by atoms with E-state index >= 15 is 0 Å². The maximum absolute atomic E-state index is 11.3. The normalized spacial score (nSPS) is 14.6. The van der Waals surface area contributed by atoms with E-state index in [2.05, 4.69) is 13.5 Å². The number of unbranched alkanes of at least 4 members (excludes halogenated alkanes) is 1. The van der Waals surface area contributed by atoms with Crippen molar-refractivity contribution in [3.8, 4) is 6.07 Å². The van der Waals surface area contributed by atoms with Gasteiger partial charge in [-0.25, -0.2) is 4.79 Å². The van der Waals surface area contributed by atoms with Gasteiger partial charge in [0.1, 0.15) is 18.2 Å². The first-order chi connectivity index (χ1) is 10.9. The predicted octanol–water partition coefficient (Wildman–Crippen LogP) is 2.62. The molecule has 0 aliphatic heterocycles. The fourth-order valence-electron chi connectivity index (χ4n) is 1.50. The standard InChI is InChI=1S/C17H29NO5/c1-6-7-8-20-14(3)10-21-15(4)11-22-16(5)12-23-17(19)13(2)9-18/h14-16H,2,6-8,10-12H2,1,3-5H3. The molecule has 0 N–H and O–H groups in total. The zero-order valence-corrected chi connectivity index (χ0v) is 14.7. The van der Waals surface area contributed by atoms with Crippen LogP contribution in [0.3, 0.4) is 0 Å². The number of nitriles is 1. The highest BCUT2D eigenvalue weighted by Crippen LogP contribution is 2.02. The van der Waals surface area contributed by atoms with Crippen LogP contribution in [0.4, 0.5) is 0 Å². The lowest BCUT2D eigenvalue weighted by Crippen LogP contribution is -2.27. The van der Waals surface area contributed by atoms with E-state index < -0.39 is 5.97 Å². The third-order valence-corrected chi connectivity index (χ3v) is 2.96. The molecule has 23 heavy (non-hydrogen) atoms. The second kappa shape index (κ2) is 13.1. The lowest BCUT2D eigenvalue weighted by atomic mass is 10.3. The van der Waals surface area contributed by atoms with Gasteiger partial charge >= 0.3 is 5.97 Å². The Bertz CT molecular complexity index is 391. The summed E-state index contributed by atoms with van der Waals surface area (Å²) in [4.78, 5) is 11.3. The summed E-state index contributed by atoms with van der Waals surface area (Å²) in [6.45, 7) is 12.8. The number of hydrogen-bond donors (Lipinski definition) is 0. The average Bonchev–Trinajstić information content (AvgIpc) is 2.55. The molecule has 0 radical (unpaired) electrons. The van der Waals surface area contributed by atoms with Gasteiger partial charge in [0, 0.05) is 6.61 Å². The Balaban J connectivity index is 3.75. The number of carbonyl (C=O) groups excluding carboxylic acids is 1. The molecular weight excluding hydrogens is 298 g/mol. The van der Waals surface area contributed by atoms with Crippen LogP contribution in [0.1, 0.15) is 40.5 Å². The number of nitrogens with zero attached hydrogens (tertiary/aromatic N) is 1. The Hall–Kier alpha value is -1.42. The van der Waals surface area contributed by atoms with Gasteiger partial charge in [-0.15, -0.1) is 0 Å². The van der Waals surface area contributed by atoms with Gasteiger partial charge in [0.25, 0.3) is 0 Å². The molecule has 3 atom stereocenters. The number of carbonyl (C=O) groups is 1. The van der Waals surface area contributed by atoms with Crippen LogP contribution in [0.25, 0.3) is 0 Å². The van der Waals surface area contributed by atoms with Crippen molar-refractivity contribution < 1.29 is 23.7 Å². The summed E-state index contributed by atoms with van der Waals surface area (Å²) in [5.41, 5.74) is -0.217. The molecule has 0 saturated heterocycles. The van der Waals surface area contributed by atoms with E-state index in [4.69, 9.17) is 24.2 Å². The Morgan fingerprint density at radius 2 is 1.57 bits per heavy atom. The SMILES string of the molecule is C=C(C#N)C(=O)OCC(C)OCC(C)OCC(C)OCCCC. The van der Waals surface area contributed by atoms with E-state index in [1.807, 2.05) is 13.8 Å². The number of ether oxygens (including phenoxy) is 4. The van der Waals surface area contributed by atoms with Crippen LogP contribution in [0.2, 0.25) is 0 Å². The van der Waals surface area contributed by atoms with Crippen molar-refractivity contribution in [2.24, 2.45) is 0 Å². The molecule has 0 aliphatic rings. The minimum Gasteiger partial charge on any atom is -0.459 e. The van der Waals surface area contributed by atoms with Gasteiger partial charge in [-0.3, -0.25) is 0 Å². The summed E-state index contributed by atoms with van der Waals surface area (Å²) in [6.07, 6.45) is 1.85. The van der Waals surface area contributed by atoms with Crippen molar-refractivity contribution in [3.63, 3.8) is 0 Å². The monoisotopic (exact) mass is 327 g/mol. The molecule has 0 aromatic heterocycles. The summed E-state index contributed by atoms with van der Waals surface area (Å²) >= 11 is 0. The van der Waals surface area contributed by atoms with Crippen LogP contribution in [-0.4, -0.2) is 50.7 Å². The second-order valence-electron chi connectivity index (χ2n) is 5.51. The summed E-state index contributed by atoms with van der Waals surface area (Å²) in [5.74, 6) is -0.717. The summed E-state index contributed by atoms with van der Waals surface area (Å²) in [6, 6.07) is 1.64. The van der Waals surface area contributed by atoms with Crippen molar-refractivity contribution in [2.45, 2.75) is 58.8 Å². The van der Waals surface area contributed by atoms with E-state index in [9.17, 15) is 4.79 Å². The average molecular weight is 327 g/mol. The highest BCUT2D eigenvalue weighted by molar-refractivity contribution is 5.91. The minimum absolute atomic E-state index is 0.0550. The molecular formula is C17H29NO5. The third kappa shape index (κ3) is 11.8. The van der Waals surface area contributed by atoms with Crippen LogP contribution < -0.4 is 0 Å². The number of hydrogen-bond acceptors (Lipinski definition) is 6. The summed E-state index contributed by atoms with van der Waals surface area (Å²) in [7, 11) is 0. The van der Waals surface area contributed by atoms with Gasteiger partial charge in [0.2, 0.25) is 0 Å². The van der Waals surface area contributed by atoms with Crippen LogP contribution in [0.5, 0.6) is 0 Å². The first-order valence-electron chi connectivity index (χ1n) is 8.01. The summed E-state index contributed by atoms with van der Waals surface area (Å²) in [5, 5.41) is 8.51. The summed E-state index contributed by atoms with van der Waals surface area (Å²) < 4.78 is 21.7. The Morgan fingerprint density at radius 3 is 2.09 bits per heavy atom. The fraction of sp³-hybridized carbons (Fsp3) is 0.765. The molecule has 0 spiro atoms. The molecule has 0 bridgehead atoms. The maximum atomic E-state index is 11.3. The van der Waals surface area contributed by atoms with E-state index in [1.165, 1.54) is 0 Å². The quantitative estimate of drug-likeness (QED) is 0.224. The number of rotatable bonds is 13. The lowest BCUT2D eigenvalue weighted by Gasteiger charge is -2.20. The van der Waals surface area contributed by atoms with E-state index in [1.54, 1.807) is 13.0 Å². The van der Waals surface area contributed by atoms with Gasteiger partial charge in [0.15, 0.2) is 0 Å². The largest absolute Gasteiger partial charge is 0.459 e. The first-order valence-corrected chi connectivity index (χ1v) is 8.01. The van der Waals surface area contributed by atoms with Crippen molar-refractivity contribution in [1.82, 2.24) is 0 Å². The van der Waals surface area contributed by atoms with E-state index in [0.29, 0.717) is 13.2 Å². The molecule has 6 nitrogen and oxygen atoms in total. The van der Waals surface area contributed by atoms with Crippen LogP contribution >= 0.6 is 0 Å². The molecule has 6 heteroatoms. The second-order valence-corrected chi connectivity index (χ2v) is 5.51. The van der Waals surface area contributed by atoms with Gasteiger partial charge in [-0.2, -0.15) is 5.26 Å². The smallest absolute Gasteiger partial charge is 0.348 e. The highest BCUT2D eigenvalue weighted by Gasteiger charge is 2.13. The van der Waals surface area contributed by atoms with Crippen molar-refractivity contribution in [1.29, 1.82) is 5.26 Å². The van der Waals surface area contributed by atoms with Crippen LogP contribution in [0.15, 0.2) is 12.2 Å². The van der Waals surface area contributed by atoms with Gasteiger partial charge in [0.05, 0.1) is 31.5 Å². The Morgan fingerprint density at radius 1 is 1.04 bits per heavy atom. The molecule has 0 aliphatic carbocycles. The third-order valence-electron chi connectivity index (χ3n) is 2.96. The molecule has 0 aromatic carbocycles. The Labute approximate surface area is 139 Å². The number of esters is 1. The Kier molecular flexibility index (Phi) is 12.3. The zero-order chi connectivity index (χ0) is 17.7. The highest BCUT2D eigenvalue weighted by atomic mass is 16.6. The zero-order valence-electron chi connectivity index (χ0n) is 14.7. The van der Waals surface area contributed by atoms with Crippen LogP contribution in [-0.2, 0) is 23.7 Å². The van der Waals surface area contributed by atoms with E-state index in [0.717, 1.165) is 19.4 Å². The van der Waals surface area contributed by atoms with Gasteiger partial charge < -0.3 is 18.9 Å². The fourth-order valence-corrected chi connectivity index (χ4v) is 1.50. The molecule has 0 heterocycles. The predicted molar refractivity (Wildman–Crippen MR) is 86.9 cm³/mol. The van der Waals surface area contributed by atoms with Gasteiger partial charge in [-0.05, 0) is 27.2 Å². The molecule has 0 aromatic rings. The topological polar surface area (TPSA) is 77.8 Å². The molecule has 0 saturated carbocycles. The molecule has 132 valence electrons. The van der Waals surface area contributed by atoms with E-state index in [-0.39, 0.29) is 30.5 Å². The van der Waals surface area contributed by atoms with Crippen molar-refractivity contribution in [3.05, 3.63) is 12.2 Å². The lowest BCUT2D eigenvalue weighted by molar-refractivity contribution is -0.143. The first kappa shape index (κ1) is 21.6. The van der Waals surface area contributed by atoms with Crippen molar-refractivity contribution in [2.75, 3.05) is 26.4 Å². The molecule has 0 rings (SSSR count). The molecule has 3 unspecified atom stereocenters. The minimum atomic E-state index is -0.717. The molecule has 0 amide bonds. The van der Waals surface area contributed by atoms with Gasteiger partial charge in [-0.1, -0.05) is 19.9 Å². The maximum Gasteiger partial charge on any atom is 0.348 e. The van der Waals surface area contributed by atoms with Crippen molar-refractivity contribution >= 4 is 5.97 Å². The van der Waals surface area contributed by atoms with Crippen LogP contribution in [0, 0.1) is 11.3 Å². The molecule has 0 fully saturated rings.